The van der Waals surface area contributed by atoms with Gasteiger partial charge in [0.05, 0.1) is 33.5 Å². The first-order chi connectivity index (χ1) is 36.5. The summed E-state index contributed by atoms with van der Waals surface area (Å²) in [4.78, 5) is 7.66. The molecule has 4 heteroatoms. The number of anilines is 6. The highest BCUT2D eigenvalue weighted by Crippen LogP contribution is 2.67. The van der Waals surface area contributed by atoms with E-state index in [0.717, 1.165) is 29.9 Å². The fourth-order valence-electron chi connectivity index (χ4n) is 13.8. The van der Waals surface area contributed by atoms with Crippen LogP contribution in [-0.2, 0) is 10.8 Å². The molecule has 0 saturated carbocycles. The third-order valence-electron chi connectivity index (χ3n) is 17.0. The van der Waals surface area contributed by atoms with E-state index < -0.39 is 5.41 Å². The van der Waals surface area contributed by atoms with Gasteiger partial charge in [-0.1, -0.05) is 171 Å². The van der Waals surface area contributed by atoms with Gasteiger partial charge in [0, 0.05) is 48.7 Å². The average Bonchev–Trinajstić information content (AvgIpc) is 4.09. The van der Waals surface area contributed by atoms with E-state index in [1.54, 1.807) is 0 Å². The van der Waals surface area contributed by atoms with Gasteiger partial charge >= 0.3 is 0 Å². The minimum atomic E-state index is -0.526. The van der Waals surface area contributed by atoms with Crippen LogP contribution < -0.4 is 9.80 Å². The summed E-state index contributed by atoms with van der Waals surface area (Å²) >= 11 is 1.90. The molecule has 1 aromatic heterocycles. The van der Waals surface area contributed by atoms with Crippen molar-refractivity contribution in [2.24, 2.45) is 0 Å². The quantitative estimate of drug-likeness (QED) is 0.170. The molecule has 3 nitrogen and oxygen atoms in total. The Kier molecular flexibility index (Phi) is 8.78. The second-order valence-electron chi connectivity index (χ2n) is 21.1. The molecule has 1 unspecified atom stereocenters. The van der Waals surface area contributed by atoms with Crippen molar-refractivity contribution < 1.29 is 0 Å². The third-order valence-corrected chi connectivity index (χ3v) is 18.2. The van der Waals surface area contributed by atoms with Crippen LogP contribution >= 0.6 is 11.8 Å². The zero-order chi connectivity index (χ0) is 48.9. The van der Waals surface area contributed by atoms with Crippen molar-refractivity contribution in [1.29, 1.82) is 0 Å². The monoisotopic (exact) mass is 963 g/mol. The van der Waals surface area contributed by atoms with Crippen molar-refractivity contribution in [1.82, 2.24) is 4.57 Å². The van der Waals surface area contributed by atoms with Crippen molar-refractivity contribution in [2.45, 2.75) is 47.3 Å². The first-order valence-corrected chi connectivity index (χ1v) is 26.9. The lowest BCUT2D eigenvalue weighted by atomic mass is 9.63. The lowest BCUT2D eigenvalue weighted by Gasteiger charge is -2.48. The molecule has 0 amide bonds. The molecule has 0 radical (unpaired) electrons. The van der Waals surface area contributed by atoms with Crippen LogP contribution in [0.3, 0.4) is 0 Å². The van der Waals surface area contributed by atoms with Crippen LogP contribution in [0, 0.1) is 0 Å². The fourth-order valence-corrected chi connectivity index (χ4v) is 14.9. The highest BCUT2D eigenvalue weighted by molar-refractivity contribution is 7.99. The van der Waals surface area contributed by atoms with E-state index in [4.69, 9.17) is 0 Å². The molecule has 3 aliphatic carbocycles. The zero-order valence-corrected chi connectivity index (χ0v) is 42.0. The maximum atomic E-state index is 2.56. The predicted octanol–water partition coefficient (Wildman–Crippen LogP) is 18.9. The highest BCUT2D eigenvalue weighted by Gasteiger charge is 2.54. The molecule has 11 aromatic rings. The van der Waals surface area contributed by atoms with Gasteiger partial charge in [0.1, 0.15) is 0 Å². The number of benzene rings is 10. The van der Waals surface area contributed by atoms with Gasteiger partial charge < -0.3 is 14.4 Å². The summed E-state index contributed by atoms with van der Waals surface area (Å²) in [5.74, 6) is 0. The molecule has 10 aromatic carbocycles. The Balaban J connectivity index is 0.893. The Morgan fingerprint density at radius 2 is 1.11 bits per heavy atom. The van der Waals surface area contributed by atoms with Crippen molar-refractivity contribution >= 4 is 73.3 Å². The molecule has 5 aliphatic rings. The number of fused-ring (bicyclic) bond motifs is 16. The van der Waals surface area contributed by atoms with Gasteiger partial charge in [-0.25, -0.2) is 0 Å². The van der Waals surface area contributed by atoms with E-state index in [9.17, 15) is 0 Å². The van der Waals surface area contributed by atoms with Crippen molar-refractivity contribution in [3.05, 3.63) is 276 Å². The summed E-state index contributed by atoms with van der Waals surface area (Å²) < 4.78 is 2.39. The van der Waals surface area contributed by atoms with Crippen LogP contribution in [0.5, 0.6) is 0 Å². The Hall–Kier alpha value is -8.57. The molecular weight excluding hydrogens is 915 g/mol. The summed E-state index contributed by atoms with van der Waals surface area (Å²) in [6.45, 7) is 4.77. The second kappa shape index (κ2) is 15.5. The van der Waals surface area contributed by atoms with E-state index in [1.165, 1.54) is 121 Å². The number of hydrogen-bond donors (Lipinski definition) is 0. The van der Waals surface area contributed by atoms with Crippen LogP contribution in [0.4, 0.5) is 34.1 Å². The molecule has 74 heavy (non-hydrogen) atoms. The topological polar surface area (TPSA) is 11.4 Å². The maximum Gasteiger partial charge on any atom is 0.0752 e. The molecule has 0 N–H and O–H groups in total. The Labute approximate surface area is 436 Å². The number of hydrogen-bond acceptors (Lipinski definition) is 3. The van der Waals surface area contributed by atoms with Gasteiger partial charge in [-0.05, 0) is 171 Å². The lowest BCUT2D eigenvalue weighted by Crippen LogP contribution is -2.38. The van der Waals surface area contributed by atoms with Gasteiger partial charge in [0.25, 0.3) is 0 Å². The fraction of sp³-hybridized carbons (Fsp3) is 0.0857. The normalized spacial score (nSPS) is 16.9. The SMILES string of the molecule is CC1(C)c2ccccc2-c2ccc(N(c3ccc(-c4ccc5c(c4)c4ccccc4n5-c4ccccc4)cc3)c3ccc4c(c3)C3(C5=C4CCC=C5)c4ccccc4N4c5ccccc5Sc5cccc3c54)cc21. The first kappa shape index (κ1) is 42.0. The molecule has 0 bridgehead atoms. The molecule has 1 spiro atoms. The van der Waals surface area contributed by atoms with E-state index in [-0.39, 0.29) is 5.41 Å². The average molecular weight is 964 g/mol. The summed E-state index contributed by atoms with van der Waals surface area (Å²) in [7, 11) is 0. The number of allylic oxidation sites excluding steroid dienone is 4. The summed E-state index contributed by atoms with van der Waals surface area (Å²) in [6.07, 6.45) is 6.94. The van der Waals surface area contributed by atoms with Crippen LogP contribution in [0.1, 0.15) is 60.1 Å². The molecule has 16 rings (SSSR count). The Morgan fingerprint density at radius 1 is 0.459 bits per heavy atom. The molecule has 1 atom stereocenters. The Bertz CT molecular complexity index is 4270. The highest BCUT2D eigenvalue weighted by atomic mass is 32.2. The van der Waals surface area contributed by atoms with Gasteiger partial charge in [0.2, 0.25) is 0 Å². The van der Waals surface area contributed by atoms with Crippen LogP contribution in [0.15, 0.2) is 252 Å². The minimum absolute atomic E-state index is 0.155. The van der Waals surface area contributed by atoms with Crippen LogP contribution in [0.2, 0.25) is 0 Å². The van der Waals surface area contributed by atoms with Gasteiger partial charge in [0.15, 0.2) is 0 Å². The molecule has 0 fully saturated rings. The van der Waals surface area contributed by atoms with Gasteiger partial charge in [-0.15, -0.1) is 0 Å². The lowest BCUT2D eigenvalue weighted by molar-refractivity contribution is 0.660. The molecule has 350 valence electrons. The van der Waals surface area contributed by atoms with Crippen LogP contribution in [0.25, 0.3) is 55.3 Å². The minimum Gasteiger partial charge on any atom is -0.310 e. The van der Waals surface area contributed by atoms with Crippen molar-refractivity contribution in [2.75, 3.05) is 9.80 Å². The maximum absolute atomic E-state index is 2.56. The Morgan fingerprint density at radius 3 is 1.97 bits per heavy atom. The van der Waals surface area contributed by atoms with E-state index in [0.29, 0.717) is 0 Å². The molecule has 2 aliphatic heterocycles. The largest absolute Gasteiger partial charge is 0.310 e. The van der Waals surface area contributed by atoms with Gasteiger partial charge in [-0.3, -0.25) is 0 Å². The molecule has 0 saturated heterocycles. The zero-order valence-electron chi connectivity index (χ0n) is 41.2. The summed E-state index contributed by atoms with van der Waals surface area (Å²) in [5.41, 5.74) is 26.2. The van der Waals surface area contributed by atoms with E-state index in [1.807, 2.05) is 11.8 Å². The molecular formula is C70H49N3S. The van der Waals surface area contributed by atoms with Crippen LogP contribution in [-0.4, -0.2) is 4.57 Å². The van der Waals surface area contributed by atoms with E-state index >= 15 is 0 Å². The first-order valence-electron chi connectivity index (χ1n) is 26.1. The third kappa shape index (κ3) is 5.64. The number of aromatic nitrogens is 1. The number of nitrogens with zero attached hydrogens (tertiary/aromatic N) is 3. The standard InChI is InChI=1S/C70H49N3S/c1-69(2)56-22-9-6-19-50(56)52-38-36-48(42-60(52)69)71(47-34-31-44(32-35-47)45-33-40-63-55(41-45)54-21-8-12-26-62(54)72(63)46-17-4-3-5-18-46)49-37-39-53-51-20-7-10-23-57(51)70(61(53)43-49)58-24-11-13-27-64(58)73-65-28-14-15-29-66(65)74-67-30-16-25-59(70)68(67)73/h3-6,8-19,21-43H,7,20H2,1-2H3. The summed E-state index contributed by atoms with van der Waals surface area (Å²) in [5, 5.41) is 2.51. The number of para-hydroxylation sites is 5. The smallest absolute Gasteiger partial charge is 0.0752 e. The molecule has 3 heterocycles. The van der Waals surface area contributed by atoms with Crippen molar-refractivity contribution in [3.63, 3.8) is 0 Å². The van der Waals surface area contributed by atoms with Gasteiger partial charge in [-0.2, -0.15) is 0 Å². The van der Waals surface area contributed by atoms with E-state index in [2.05, 4.69) is 265 Å². The van der Waals surface area contributed by atoms with Crippen molar-refractivity contribution in [3.8, 4) is 27.9 Å². The number of rotatable bonds is 5. The predicted molar refractivity (Wildman–Crippen MR) is 309 cm³/mol. The summed E-state index contributed by atoms with van der Waals surface area (Å²) in [6, 6.07) is 84.6. The second-order valence-corrected chi connectivity index (χ2v) is 22.2.